The lowest BCUT2D eigenvalue weighted by atomic mass is 10.0. The second kappa shape index (κ2) is 4.47. The van der Waals surface area contributed by atoms with Crippen LogP contribution in [0.4, 0.5) is 0 Å². The minimum atomic E-state index is -0.261. The van der Waals surface area contributed by atoms with Gasteiger partial charge in [0.2, 0.25) is 0 Å². The maximum atomic E-state index is 11.5. The number of ketones is 1. The second-order valence-corrected chi connectivity index (χ2v) is 3.96. The molecule has 1 aliphatic rings. The van der Waals surface area contributed by atoms with Crippen LogP contribution in [0, 0.1) is 0 Å². The van der Waals surface area contributed by atoms with E-state index in [-0.39, 0.29) is 11.8 Å². The molecular weight excluding hydrogens is 204 g/mol. The van der Waals surface area contributed by atoms with Crippen LogP contribution in [0.15, 0.2) is 18.2 Å². The molecule has 3 heteroatoms. The summed E-state index contributed by atoms with van der Waals surface area (Å²) in [5.74, 6) is -0.0343. The van der Waals surface area contributed by atoms with Crippen LogP contribution in [-0.2, 0) is 22.4 Å². The molecular formula is C13H14O3. The summed E-state index contributed by atoms with van der Waals surface area (Å²) in [7, 11) is 0. The van der Waals surface area contributed by atoms with E-state index in [1.807, 2.05) is 18.2 Å². The SMILES string of the molecule is CC(=O)OCCc1cccc2c1CCC2=O. The average molecular weight is 218 g/mol. The van der Waals surface area contributed by atoms with Gasteiger partial charge in [-0.1, -0.05) is 18.2 Å². The van der Waals surface area contributed by atoms with Crippen LogP contribution >= 0.6 is 0 Å². The van der Waals surface area contributed by atoms with E-state index in [1.54, 1.807) is 0 Å². The van der Waals surface area contributed by atoms with Gasteiger partial charge in [-0.25, -0.2) is 0 Å². The first kappa shape index (κ1) is 10.9. The van der Waals surface area contributed by atoms with Crippen LogP contribution < -0.4 is 0 Å². The minimum absolute atomic E-state index is 0.226. The summed E-state index contributed by atoms with van der Waals surface area (Å²) in [5, 5.41) is 0. The maximum absolute atomic E-state index is 11.5. The van der Waals surface area contributed by atoms with Crippen molar-refractivity contribution >= 4 is 11.8 Å². The van der Waals surface area contributed by atoms with Gasteiger partial charge in [0.1, 0.15) is 0 Å². The second-order valence-electron chi connectivity index (χ2n) is 3.96. The molecule has 0 atom stereocenters. The van der Waals surface area contributed by atoms with E-state index < -0.39 is 0 Å². The molecule has 0 unspecified atom stereocenters. The summed E-state index contributed by atoms with van der Waals surface area (Å²) in [5.41, 5.74) is 3.12. The fourth-order valence-corrected chi connectivity index (χ4v) is 2.10. The summed E-state index contributed by atoms with van der Waals surface area (Å²) >= 11 is 0. The predicted octanol–water partition coefficient (Wildman–Crippen LogP) is 1.92. The summed E-state index contributed by atoms with van der Waals surface area (Å²) in [6, 6.07) is 5.77. The molecule has 1 aromatic carbocycles. The van der Waals surface area contributed by atoms with E-state index in [1.165, 1.54) is 6.92 Å². The van der Waals surface area contributed by atoms with Crippen molar-refractivity contribution < 1.29 is 14.3 Å². The molecule has 0 radical (unpaired) electrons. The third kappa shape index (κ3) is 2.13. The molecule has 0 saturated heterocycles. The number of carbonyl (C=O) groups excluding carboxylic acids is 2. The molecule has 0 N–H and O–H groups in total. The summed E-state index contributed by atoms with van der Waals surface area (Å²) in [6.45, 7) is 1.79. The number of rotatable bonds is 3. The van der Waals surface area contributed by atoms with Crippen LogP contribution in [0.1, 0.15) is 34.8 Å². The maximum Gasteiger partial charge on any atom is 0.302 e. The number of hydrogen-bond donors (Lipinski definition) is 0. The number of hydrogen-bond acceptors (Lipinski definition) is 3. The molecule has 0 saturated carbocycles. The van der Waals surface area contributed by atoms with Crippen LogP contribution in [0.25, 0.3) is 0 Å². The Hall–Kier alpha value is -1.64. The molecule has 3 nitrogen and oxygen atoms in total. The molecule has 0 fully saturated rings. The van der Waals surface area contributed by atoms with Crippen molar-refractivity contribution in [2.24, 2.45) is 0 Å². The van der Waals surface area contributed by atoms with Gasteiger partial charge >= 0.3 is 5.97 Å². The molecule has 0 aliphatic heterocycles. The number of esters is 1. The predicted molar refractivity (Wildman–Crippen MR) is 59.4 cm³/mol. The van der Waals surface area contributed by atoms with Gasteiger partial charge in [-0.05, 0) is 17.5 Å². The quantitative estimate of drug-likeness (QED) is 0.728. The lowest BCUT2D eigenvalue weighted by Crippen LogP contribution is -2.05. The summed E-state index contributed by atoms with van der Waals surface area (Å²) in [6.07, 6.45) is 2.13. The van der Waals surface area contributed by atoms with E-state index in [0.717, 1.165) is 23.1 Å². The number of carbonyl (C=O) groups is 2. The molecule has 16 heavy (non-hydrogen) atoms. The zero-order valence-electron chi connectivity index (χ0n) is 9.29. The van der Waals surface area contributed by atoms with Crippen LogP contribution in [-0.4, -0.2) is 18.4 Å². The van der Waals surface area contributed by atoms with Gasteiger partial charge in [0, 0.05) is 25.3 Å². The third-order valence-electron chi connectivity index (χ3n) is 2.85. The number of fused-ring (bicyclic) bond motifs is 1. The van der Waals surface area contributed by atoms with Crippen molar-refractivity contribution in [2.75, 3.05) is 6.61 Å². The highest BCUT2D eigenvalue weighted by Gasteiger charge is 2.21. The van der Waals surface area contributed by atoms with Gasteiger partial charge in [0.15, 0.2) is 5.78 Å². The van der Waals surface area contributed by atoms with Crippen molar-refractivity contribution in [3.8, 4) is 0 Å². The molecule has 0 spiro atoms. The molecule has 0 aromatic heterocycles. The normalized spacial score (nSPS) is 13.7. The number of ether oxygens (including phenoxy) is 1. The highest BCUT2D eigenvalue weighted by atomic mass is 16.5. The zero-order chi connectivity index (χ0) is 11.5. The van der Waals surface area contributed by atoms with Gasteiger partial charge in [0.05, 0.1) is 6.61 Å². The van der Waals surface area contributed by atoms with E-state index in [4.69, 9.17) is 4.74 Å². The molecule has 1 aromatic rings. The summed E-state index contributed by atoms with van der Waals surface area (Å²) < 4.78 is 4.91. The summed E-state index contributed by atoms with van der Waals surface area (Å²) in [4.78, 5) is 22.2. The Morgan fingerprint density at radius 1 is 1.38 bits per heavy atom. The van der Waals surface area contributed by atoms with Crippen molar-refractivity contribution in [3.63, 3.8) is 0 Å². The van der Waals surface area contributed by atoms with Crippen molar-refractivity contribution in [2.45, 2.75) is 26.2 Å². The standard InChI is InChI=1S/C13H14O3/c1-9(14)16-8-7-10-3-2-4-12-11(10)5-6-13(12)15/h2-4H,5-8H2,1H3. The van der Waals surface area contributed by atoms with E-state index in [9.17, 15) is 9.59 Å². The fraction of sp³-hybridized carbons (Fsp3) is 0.385. The molecule has 2 rings (SSSR count). The van der Waals surface area contributed by atoms with Gasteiger partial charge in [-0.15, -0.1) is 0 Å². The fourth-order valence-electron chi connectivity index (χ4n) is 2.10. The van der Waals surface area contributed by atoms with Crippen molar-refractivity contribution in [1.29, 1.82) is 0 Å². The first-order valence-electron chi connectivity index (χ1n) is 5.46. The Kier molecular flexibility index (Phi) is 3.04. The van der Waals surface area contributed by atoms with Crippen molar-refractivity contribution in [1.82, 2.24) is 0 Å². The van der Waals surface area contributed by atoms with Crippen LogP contribution in [0.2, 0.25) is 0 Å². The van der Waals surface area contributed by atoms with Gasteiger partial charge < -0.3 is 4.74 Å². The highest BCUT2D eigenvalue weighted by molar-refractivity contribution is 6.00. The van der Waals surface area contributed by atoms with E-state index >= 15 is 0 Å². The van der Waals surface area contributed by atoms with Crippen LogP contribution in [0.5, 0.6) is 0 Å². The van der Waals surface area contributed by atoms with Crippen molar-refractivity contribution in [3.05, 3.63) is 34.9 Å². The van der Waals surface area contributed by atoms with Crippen LogP contribution in [0.3, 0.4) is 0 Å². The molecule has 0 amide bonds. The van der Waals surface area contributed by atoms with Gasteiger partial charge in [-0.3, -0.25) is 9.59 Å². The Morgan fingerprint density at radius 3 is 2.94 bits per heavy atom. The smallest absolute Gasteiger partial charge is 0.302 e. The number of Topliss-reactive ketones (excluding diaryl/α,β-unsaturated/α-hetero) is 1. The lowest BCUT2D eigenvalue weighted by Gasteiger charge is -2.07. The molecule has 0 bridgehead atoms. The largest absolute Gasteiger partial charge is 0.466 e. The highest BCUT2D eigenvalue weighted by Crippen LogP contribution is 2.25. The Morgan fingerprint density at radius 2 is 2.19 bits per heavy atom. The monoisotopic (exact) mass is 218 g/mol. The Bertz CT molecular complexity index is 435. The molecule has 0 heterocycles. The van der Waals surface area contributed by atoms with Gasteiger partial charge in [0.25, 0.3) is 0 Å². The molecule has 1 aliphatic carbocycles. The third-order valence-corrected chi connectivity index (χ3v) is 2.85. The lowest BCUT2D eigenvalue weighted by molar-refractivity contribution is -0.140. The molecule has 84 valence electrons. The van der Waals surface area contributed by atoms with E-state index in [2.05, 4.69) is 0 Å². The Labute approximate surface area is 94.4 Å². The van der Waals surface area contributed by atoms with Gasteiger partial charge in [-0.2, -0.15) is 0 Å². The zero-order valence-corrected chi connectivity index (χ0v) is 9.29. The first-order valence-corrected chi connectivity index (χ1v) is 5.46. The Balaban J connectivity index is 2.11. The topological polar surface area (TPSA) is 43.4 Å². The first-order chi connectivity index (χ1) is 7.68. The average Bonchev–Trinajstić information content (AvgIpc) is 2.61. The number of benzene rings is 1. The minimum Gasteiger partial charge on any atom is -0.466 e. The van der Waals surface area contributed by atoms with E-state index in [0.29, 0.717) is 19.4 Å².